The molecule has 1 unspecified atom stereocenters. The third-order valence-corrected chi connectivity index (χ3v) is 5.37. The van der Waals surface area contributed by atoms with E-state index in [-0.39, 0.29) is 23.2 Å². The number of Topliss-reactive ketones (excluding diaryl/α,β-unsaturated/α-hetero) is 1. The van der Waals surface area contributed by atoms with Crippen molar-refractivity contribution >= 4 is 11.7 Å². The largest absolute Gasteiger partial charge is 0.374 e. The van der Waals surface area contributed by atoms with Gasteiger partial charge in [-0.25, -0.2) is 0 Å². The van der Waals surface area contributed by atoms with Gasteiger partial charge in [0.25, 0.3) is 5.91 Å². The van der Waals surface area contributed by atoms with E-state index >= 15 is 0 Å². The number of amides is 1. The fraction of sp³-hybridized carbons (Fsp3) is 0.478. The second-order valence-electron chi connectivity index (χ2n) is 8.45. The van der Waals surface area contributed by atoms with Crippen molar-refractivity contribution < 1.29 is 14.3 Å². The third kappa shape index (κ3) is 4.53. The van der Waals surface area contributed by atoms with Crippen LogP contribution in [0.1, 0.15) is 77.4 Å². The van der Waals surface area contributed by atoms with E-state index in [4.69, 9.17) is 4.74 Å². The summed E-state index contributed by atoms with van der Waals surface area (Å²) in [6.45, 7) is 9.15. The van der Waals surface area contributed by atoms with E-state index in [1.165, 1.54) is 0 Å². The van der Waals surface area contributed by atoms with Crippen LogP contribution >= 0.6 is 0 Å². The molecule has 0 saturated heterocycles. The third-order valence-electron chi connectivity index (χ3n) is 5.37. The molecule has 1 atom stereocenters. The Morgan fingerprint density at radius 3 is 2.68 bits per heavy atom. The molecule has 1 heterocycles. The van der Waals surface area contributed by atoms with E-state index < -0.39 is 0 Å². The first-order valence-electron chi connectivity index (χ1n) is 9.98. The van der Waals surface area contributed by atoms with Gasteiger partial charge in [0.1, 0.15) is 5.69 Å². The van der Waals surface area contributed by atoms with Crippen molar-refractivity contribution in [1.29, 1.82) is 0 Å². The Morgan fingerprint density at radius 1 is 1.25 bits per heavy atom. The fourth-order valence-electron chi connectivity index (χ4n) is 3.90. The van der Waals surface area contributed by atoms with Crippen LogP contribution in [0.25, 0.3) is 0 Å². The number of rotatable bonds is 7. The van der Waals surface area contributed by atoms with E-state index in [1.54, 1.807) is 0 Å². The van der Waals surface area contributed by atoms with E-state index in [1.807, 2.05) is 44.2 Å². The lowest BCUT2D eigenvalue weighted by molar-refractivity contribution is 0.0634. The summed E-state index contributed by atoms with van der Waals surface area (Å²) in [5, 5.41) is 2.94. The lowest BCUT2D eigenvalue weighted by atomic mass is 9.75. The van der Waals surface area contributed by atoms with Gasteiger partial charge in [0.15, 0.2) is 5.78 Å². The number of ketones is 1. The standard InChI is InChI=1S/C23H30N2O3/c1-15-20-18(13-23(3,4)14-19(20)26)25-21(15)22(27)24-11-8-12-28-16(2)17-9-6-5-7-10-17/h5-7,9-10,16,25H,8,11-14H2,1-4H3,(H,24,27). The first-order valence-corrected chi connectivity index (χ1v) is 9.98. The number of aromatic nitrogens is 1. The lowest BCUT2D eigenvalue weighted by Gasteiger charge is -2.28. The Labute approximate surface area is 166 Å². The Hall–Kier alpha value is -2.40. The predicted octanol–water partition coefficient (Wildman–Crippen LogP) is 4.38. The van der Waals surface area contributed by atoms with Crippen LogP contribution in [0.2, 0.25) is 0 Å². The molecule has 5 heteroatoms. The van der Waals surface area contributed by atoms with Crippen LogP contribution in [0, 0.1) is 12.3 Å². The van der Waals surface area contributed by atoms with Gasteiger partial charge in [-0.15, -0.1) is 0 Å². The van der Waals surface area contributed by atoms with Gasteiger partial charge in [-0.05, 0) is 43.2 Å². The predicted molar refractivity (Wildman–Crippen MR) is 110 cm³/mol. The highest BCUT2D eigenvalue weighted by molar-refractivity contribution is 6.04. The number of nitrogens with one attached hydrogen (secondary N) is 2. The van der Waals surface area contributed by atoms with Crippen LogP contribution < -0.4 is 5.32 Å². The number of hydrogen-bond acceptors (Lipinski definition) is 3. The molecule has 1 aliphatic rings. The van der Waals surface area contributed by atoms with Crippen LogP contribution in [-0.4, -0.2) is 29.8 Å². The Balaban J connectivity index is 1.50. The van der Waals surface area contributed by atoms with E-state index in [0.717, 1.165) is 29.7 Å². The molecule has 1 aromatic heterocycles. The highest BCUT2D eigenvalue weighted by Crippen LogP contribution is 2.36. The molecule has 5 nitrogen and oxygen atoms in total. The highest BCUT2D eigenvalue weighted by Gasteiger charge is 2.35. The lowest BCUT2D eigenvalue weighted by Crippen LogP contribution is -2.26. The molecule has 0 spiro atoms. The average molecular weight is 383 g/mol. The van der Waals surface area contributed by atoms with Crippen molar-refractivity contribution in [3.8, 4) is 0 Å². The fourth-order valence-corrected chi connectivity index (χ4v) is 3.90. The average Bonchev–Trinajstić information content (AvgIpc) is 2.97. The van der Waals surface area contributed by atoms with Gasteiger partial charge >= 0.3 is 0 Å². The Bertz CT molecular complexity index is 852. The molecule has 0 aliphatic heterocycles. The molecule has 3 rings (SSSR count). The summed E-state index contributed by atoms with van der Waals surface area (Å²) < 4.78 is 5.84. The summed E-state index contributed by atoms with van der Waals surface area (Å²) in [7, 11) is 0. The molecule has 28 heavy (non-hydrogen) atoms. The zero-order chi connectivity index (χ0) is 20.3. The topological polar surface area (TPSA) is 71.2 Å². The van der Waals surface area contributed by atoms with Gasteiger partial charge in [-0.2, -0.15) is 0 Å². The van der Waals surface area contributed by atoms with Crippen LogP contribution in [-0.2, 0) is 11.2 Å². The highest BCUT2D eigenvalue weighted by atomic mass is 16.5. The number of ether oxygens (including phenoxy) is 1. The number of hydrogen-bond donors (Lipinski definition) is 2. The number of carbonyl (C=O) groups excluding carboxylic acids is 2. The van der Waals surface area contributed by atoms with Gasteiger partial charge < -0.3 is 15.0 Å². The van der Waals surface area contributed by atoms with Crippen molar-refractivity contribution in [2.45, 2.75) is 53.1 Å². The first-order chi connectivity index (χ1) is 13.3. The molecule has 0 saturated carbocycles. The quantitative estimate of drug-likeness (QED) is 0.698. The molecule has 0 radical (unpaired) electrons. The van der Waals surface area contributed by atoms with Gasteiger partial charge in [-0.3, -0.25) is 9.59 Å². The minimum atomic E-state index is -0.159. The van der Waals surface area contributed by atoms with E-state index in [2.05, 4.69) is 24.1 Å². The Kier molecular flexibility index (Phi) is 6.04. The van der Waals surface area contributed by atoms with Crippen LogP contribution in [0.5, 0.6) is 0 Å². The molecular weight excluding hydrogens is 352 g/mol. The van der Waals surface area contributed by atoms with Crippen molar-refractivity contribution in [3.63, 3.8) is 0 Å². The Morgan fingerprint density at radius 2 is 1.96 bits per heavy atom. The molecule has 1 amide bonds. The zero-order valence-corrected chi connectivity index (χ0v) is 17.2. The maximum atomic E-state index is 12.6. The minimum Gasteiger partial charge on any atom is -0.374 e. The second-order valence-corrected chi connectivity index (χ2v) is 8.45. The maximum Gasteiger partial charge on any atom is 0.268 e. The van der Waals surface area contributed by atoms with Gasteiger partial charge in [0.2, 0.25) is 0 Å². The number of aromatic amines is 1. The monoisotopic (exact) mass is 382 g/mol. The normalized spacial score (nSPS) is 16.5. The van der Waals surface area contributed by atoms with Crippen molar-refractivity contribution in [2.75, 3.05) is 13.2 Å². The molecule has 2 N–H and O–H groups in total. The summed E-state index contributed by atoms with van der Waals surface area (Å²) in [5.41, 5.74) is 3.96. The van der Waals surface area contributed by atoms with E-state index in [0.29, 0.717) is 30.8 Å². The smallest absolute Gasteiger partial charge is 0.268 e. The summed E-state index contributed by atoms with van der Waals surface area (Å²) in [5.74, 6) is -0.0315. The molecule has 150 valence electrons. The molecule has 1 aliphatic carbocycles. The summed E-state index contributed by atoms with van der Waals surface area (Å²) in [4.78, 5) is 28.2. The molecule has 0 fully saturated rings. The molecule has 1 aromatic carbocycles. The zero-order valence-electron chi connectivity index (χ0n) is 17.2. The van der Waals surface area contributed by atoms with Crippen LogP contribution in [0.4, 0.5) is 0 Å². The summed E-state index contributed by atoms with van der Waals surface area (Å²) in [6, 6.07) is 10.1. The molecule has 0 bridgehead atoms. The molecular formula is C23H30N2O3. The summed E-state index contributed by atoms with van der Waals surface area (Å²) in [6.07, 6.45) is 2.07. The van der Waals surface area contributed by atoms with Gasteiger partial charge in [0, 0.05) is 30.8 Å². The maximum absolute atomic E-state index is 12.6. The number of carbonyl (C=O) groups is 2. The van der Waals surface area contributed by atoms with Gasteiger partial charge in [0.05, 0.1) is 6.10 Å². The first kappa shape index (κ1) is 20.3. The van der Waals surface area contributed by atoms with Crippen LogP contribution in [0.3, 0.4) is 0 Å². The van der Waals surface area contributed by atoms with Crippen LogP contribution in [0.15, 0.2) is 30.3 Å². The molecule has 2 aromatic rings. The van der Waals surface area contributed by atoms with E-state index in [9.17, 15) is 9.59 Å². The number of H-pyrrole nitrogens is 1. The van der Waals surface area contributed by atoms with Crippen molar-refractivity contribution in [3.05, 3.63) is 58.4 Å². The second kappa shape index (κ2) is 8.31. The number of benzene rings is 1. The minimum absolute atomic E-state index is 0.0312. The van der Waals surface area contributed by atoms with Gasteiger partial charge in [-0.1, -0.05) is 44.2 Å². The number of fused-ring (bicyclic) bond motifs is 1. The van der Waals surface area contributed by atoms with Crippen molar-refractivity contribution in [2.24, 2.45) is 5.41 Å². The summed E-state index contributed by atoms with van der Waals surface area (Å²) >= 11 is 0. The van der Waals surface area contributed by atoms with Crippen molar-refractivity contribution in [1.82, 2.24) is 10.3 Å². The SMILES string of the molecule is Cc1c(C(=O)NCCCOC(C)c2ccccc2)[nH]c2c1C(=O)CC(C)(C)C2.